The van der Waals surface area contributed by atoms with Crippen molar-refractivity contribution in [1.82, 2.24) is 4.98 Å². The van der Waals surface area contributed by atoms with E-state index in [9.17, 15) is 0 Å². The molecule has 114 valence electrons. The first kappa shape index (κ1) is 18.3. The van der Waals surface area contributed by atoms with Crippen molar-refractivity contribution in [3.05, 3.63) is 22.2 Å². The molecular formula is C15H26INOSSi. The van der Waals surface area contributed by atoms with Crippen LogP contribution in [0.25, 0.3) is 6.08 Å². The maximum atomic E-state index is 6.49. The third-order valence-corrected chi connectivity index (χ3v) is 9.68. The molecule has 0 fully saturated rings. The number of rotatable bonds is 6. The van der Waals surface area contributed by atoms with E-state index in [4.69, 9.17) is 4.43 Å². The monoisotopic (exact) mass is 423 g/mol. The summed E-state index contributed by atoms with van der Waals surface area (Å²) in [4.78, 5) is 4.47. The van der Waals surface area contributed by atoms with Crippen molar-refractivity contribution in [1.29, 1.82) is 0 Å². The second-order valence-corrected chi connectivity index (χ2v) is 13.4. The normalized spacial score (nSPS) is 14.9. The first-order chi connectivity index (χ1) is 9.15. The molecule has 0 saturated carbocycles. The fourth-order valence-electron chi connectivity index (χ4n) is 1.52. The molecule has 2 nitrogen and oxygen atoms in total. The largest absolute Gasteiger partial charge is 0.411 e. The van der Waals surface area contributed by atoms with E-state index in [1.165, 1.54) is 0 Å². The van der Waals surface area contributed by atoms with E-state index in [0.29, 0.717) is 0 Å². The fourth-order valence-corrected chi connectivity index (χ4v) is 4.02. The Kier molecular flexibility index (Phi) is 6.88. The van der Waals surface area contributed by atoms with E-state index >= 15 is 0 Å². The third kappa shape index (κ3) is 5.58. The van der Waals surface area contributed by atoms with Crippen LogP contribution in [0.2, 0.25) is 18.1 Å². The van der Waals surface area contributed by atoms with Gasteiger partial charge in [-0.3, -0.25) is 0 Å². The number of hydrogen-bond acceptors (Lipinski definition) is 3. The lowest BCUT2D eigenvalue weighted by atomic mass is 10.2. The predicted octanol–water partition coefficient (Wildman–Crippen LogP) is 5.68. The Balaban J connectivity index is 2.77. The molecular weight excluding hydrogens is 397 g/mol. The van der Waals surface area contributed by atoms with Gasteiger partial charge in [-0.05, 0) is 37.6 Å². The molecule has 0 radical (unpaired) electrons. The molecule has 0 aliphatic rings. The zero-order valence-electron chi connectivity index (χ0n) is 13.4. The van der Waals surface area contributed by atoms with Gasteiger partial charge in [0.25, 0.3) is 0 Å². The molecule has 0 bridgehead atoms. The summed E-state index contributed by atoms with van der Waals surface area (Å²) in [5.74, 6) is 0. The van der Waals surface area contributed by atoms with E-state index in [0.717, 1.165) is 21.5 Å². The van der Waals surface area contributed by atoms with Crippen LogP contribution in [0.4, 0.5) is 0 Å². The fraction of sp³-hybridized carbons (Fsp3) is 0.667. The molecule has 0 spiro atoms. The Bertz CT molecular complexity index is 451. The molecule has 0 aliphatic carbocycles. The van der Waals surface area contributed by atoms with E-state index in [1.807, 2.05) is 6.92 Å². The van der Waals surface area contributed by atoms with Gasteiger partial charge in [0.2, 0.25) is 0 Å². The van der Waals surface area contributed by atoms with Crippen molar-refractivity contribution in [2.24, 2.45) is 0 Å². The van der Waals surface area contributed by atoms with Gasteiger partial charge in [-0.15, -0.1) is 11.3 Å². The summed E-state index contributed by atoms with van der Waals surface area (Å²) >= 11 is 4.11. The van der Waals surface area contributed by atoms with E-state index in [-0.39, 0.29) is 11.1 Å². The first-order valence-electron chi connectivity index (χ1n) is 7.00. The Labute approximate surface area is 142 Å². The van der Waals surface area contributed by atoms with E-state index < -0.39 is 8.32 Å². The number of thiazole rings is 1. The summed E-state index contributed by atoms with van der Waals surface area (Å²) in [6.07, 6.45) is 5.56. The highest BCUT2D eigenvalue weighted by Gasteiger charge is 2.38. The van der Waals surface area contributed by atoms with Crippen molar-refractivity contribution in [3.8, 4) is 0 Å². The van der Waals surface area contributed by atoms with Gasteiger partial charge >= 0.3 is 0 Å². The highest BCUT2D eigenvalue weighted by Crippen LogP contribution is 2.37. The first-order valence-corrected chi connectivity index (χ1v) is 12.3. The van der Waals surface area contributed by atoms with Gasteiger partial charge in [-0.25, -0.2) is 4.98 Å². The number of aromatic nitrogens is 1. The topological polar surface area (TPSA) is 22.1 Å². The maximum Gasteiger partial charge on any atom is 0.192 e. The zero-order valence-corrected chi connectivity index (χ0v) is 17.3. The standard InChI is InChI=1S/C15H26INOSSi/c1-12-17-13(11-19-12)7-8-14(9-10-16)18-20(5,6)15(2,3)4/h7-8,11,14H,9-10H2,1-6H3/b8-7+/t14-/m1/s1. The van der Waals surface area contributed by atoms with Crippen LogP contribution in [0.3, 0.4) is 0 Å². The van der Waals surface area contributed by atoms with Crippen LogP contribution in [0, 0.1) is 6.92 Å². The lowest BCUT2D eigenvalue weighted by molar-refractivity contribution is 0.223. The average Bonchev–Trinajstić information content (AvgIpc) is 2.70. The number of nitrogens with zero attached hydrogens (tertiary/aromatic N) is 1. The Morgan fingerprint density at radius 2 is 2.10 bits per heavy atom. The molecule has 0 N–H and O–H groups in total. The Hall–Kier alpha value is 0.277. The second kappa shape index (κ2) is 7.51. The Morgan fingerprint density at radius 1 is 1.45 bits per heavy atom. The number of aryl methyl sites for hydroxylation is 1. The predicted molar refractivity (Wildman–Crippen MR) is 101 cm³/mol. The summed E-state index contributed by atoms with van der Waals surface area (Å²) in [6.45, 7) is 13.5. The molecule has 1 rings (SSSR count). The van der Waals surface area contributed by atoms with Gasteiger partial charge in [-0.2, -0.15) is 0 Å². The minimum absolute atomic E-state index is 0.204. The molecule has 0 saturated heterocycles. The molecule has 0 aliphatic heterocycles. The molecule has 5 heteroatoms. The summed E-state index contributed by atoms with van der Waals surface area (Å²) in [7, 11) is -1.71. The third-order valence-electron chi connectivity index (χ3n) is 3.76. The number of halogens is 1. The molecule has 0 amide bonds. The van der Waals surface area contributed by atoms with Gasteiger partial charge < -0.3 is 4.43 Å². The van der Waals surface area contributed by atoms with Crippen molar-refractivity contribution in [2.75, 3.05) is 4.43 Å². The molecule has 1 aromatic rings. The number of hydrogen-bond donors (Lipinski definition) is 0. The van der Waals surface area contributed by atoms with Gasteiger partial charge in [0, 0.05) is 9.81 Å². The molecule has 0 aromatic carbocycles. The van der Waals surface area contributed by atoms with Crippen LogP contribution >= 0.6 is 33.9 Å². The van der Waals surface area contributed by atoms with Crippen LogP contribution in [0.15, 0.2) is 11.5 Å². The lowest BCUT2D eigenvalue weighted by Crippen LogP contribution is -2.43. The van der Waals surface area contributed by atoms with Crippen LogP contribution in [0.5, 0.6) is 0 Å². The minimum atomic E-state index is -1.71. The quantitative estimate of drug-likeness (QED) is 0.334. The van der Waals surface area contributed by atoms with Crippen molar-refractivity contribution >= 4 is 48.3 Å². The van der Waals surface area contributed by atoms with E-state index in [1.54, 1.807) is 11.3 Å². The second-order valence-electron chi connectivity index (χ2n) is 6.54. The highest BCUT2D eigenvalue weighted by atomic mass is 127. The number of alkyl halides is 1. The van der Waals surface area contributed by atoms with Gasteiger partial charge in [0.05, 0.1) is 16.8 Å². The zero-order chi connectivity index (χ0) is 15.4. The molecule has 20 heavy (non-hydrogen) atoms. The van der Waals surface area contributed by atoms with Gasteiger partial charge in [0.15, 0.2) is 8.32 Å². The SMILES string of the molecule is Cc1nc(/C=C/[C@H](CCI)O[Si](C)(C)C(C)(C)C)cs1. The Morgan fingerprint density at radius 3 is 2.55 bits per heavy atom. The summed E-state index contributed by atoms with van der Waals surface area (Å²) in [6, 6.07) is 0. The van der Waals surface area contributed by atoms with E-state index in [2.05, 4.69) is 79.0 Å². The molecule has 1 heterocycles. The van der Waals surface area contributed by atoms with Gasteiger partial charge in [-0.1, -0.05) is 49.4 Å². The lowest BCUT2D eigenvalue weighted by Gasteiger charge is -2.38. The van der Waals surface area contributed by atoms with Crippen LogP contribution in [-0.4, -0.2) is 23.8 Å². The smallest absolute Gasteiger partial charge is 0.192 e. The minimum Gasteiger partial charge on any atom is -0.411 e. The van der Waals surface area contributed by atoms with Crippen molar-refractivity contribution in [3.63, 3.8) is 0 Å². The van der Waals surface area contributed by atoms with Gasteiger partial charge in [0.1, 0.15) is 0 Å². The van der Waals surface area contributed by atoms with Crippen LogP contribution in [0.1, 0.15) is 37.9 Å². The summed E-state index contributed by atoms with van der Waals surface area (Å²) in [5, 5.41) is 3.46. The summed E-state index contributed by atoms with van der Waals surface area (Å²) in [5.41, 5.74) is 1.05. The van der Waals surface area contributed by atoms with Crippen LogP contribution in [-0.2, 0) is 4.43 Å². The highest BCUT2D eigenvalue weighted by molar-refractivity contribution is 14.1. The maximum absolute atomic E-state index is 6.49. The molecule has 1 atom stereocenters. The van der Waals surface area contributed by atoms with Crippen molar-refractivity contribution in [2.45, 2.75) is 58.4 Å². The molecule has 0 unspecified atom stereocenters. The molecule has 1 aromatic heterocycles. The van der Waals surface area contributed by atoms with Crippen LogP contribution < -0.4 is 0 Å². The summed E-state index contributed by atoms with van der Waals surface area (Å²) < 4.78 is 7.60. The average molecular weight is 423 g/mol. The van der Waals surface area contributed by atoms with Crippen molar-refractivity contribution < 1.29 is 4.43 Å².